The lowest BCUT2D eigenvalue weighted by Crippen LogP contribution is -2.60. The Hall–Kier alpha value is -2.11. The molecular formula is C47H83NO8. The van der Waals surface area contributed by atoms with Gasteiger partial charge < -0.3 is 40.3 Å². The Morgan fingerprint density at radius 1 is 0.625 bits per heavy atom. The van der Waals surface area contributed by atoms with Gasteiger partial charge in [0.25, 0.3) is 0 Å². The highest BCUT2D eigenvalue weighted by Gasteiger charge is 2.44. The average Bonchev–Trinajstić information content (AvgIpc) is 3.20. The summed E-state index contributed by atoms with van der Waals surface area (Å²) in [5, 5.41) is 54.1. The Morgan fingerprint density at radius 2 is 1.11 bits per heavy atom. The monoisotopic (exact) mass is 790 g/mol. The summed E-state index contributed by atoms with van der Waals surface area (Å²) in [7, 11) is 0. The van der Waals surface area contributed by atoms with E-state index in [9.17, 15) is 30.3 Å². The first kappa shape index (κ1) is 51.9. The zero-order valence-electron chi connectivity index (χ0n) is 35.4. The number of hydrogen-bond acceptors (Lipinski definition) is 8. The molecule has 1 aliphatic rings. The van der Waals surface area contributed by atoms with E-state index in [1.165, 1.54) is 103 Å². The molecule has 0 aromatic carbocycles. The van der Waals surface area contributed by atoms with Gasteiger partial charge in [0, 0.05) is 6.42 Å². The molecule has 9 nitrogen and oxygen atoms in total. The number of hydrogen-bond donors (Lipinski definition) is 6. The fraction of sp³-hybridized carbons (Fsp3) is 0.766. The van der Waals surface area contributed by atoms with Crippen LogP contribution in [0.25, 0.3) is 0 Å². The topological polar surface area (TPSA) is 149 Å². The van der Waals surface area contributed by atoms with Crippen LogP contribution in [-0.2, 0) is 14.3 Å². The molecule has 7 atom stereocenters. The molecule has 0 aliphatic carbocycles. The van der Waals surface area contributed by atoms with Gasteiger partial charge in [-0.25, -0.2) is 0 Å². The van der Waals surface area contributed by atoms with Crippen LogP contribution in [0.4, 0.5) is 0 Å². The second kappa shape index (κ2) is 37.2. The summed E-state index contributed by atoms with van der Waals surface area (Å²) in [5.41, 5.74) is 0. The van der Waals surface area contributed by atoms with Gasteiger partial charge in [0.05, 0.1) is 25.4 Å². The molecule has 0 spiro atoms. The van der Waals surface area contributed by atoms with Gasteiger partial charge in [0.15, 0.2) is 6.29 Å². The minimum absolute atomic E-state index is 0.219. The Labute approximate surface area is 341 Å². The summed E-state index contributed by atoms with van der Waals surface area (Å²) in [6, 6.07) is -0.844. The van der Waals surface area contributed by atoms with Crippen molar-refractivity contribution in [2.24, 2.45) is 0 Å². The minimum atomic E-state index is -1.58. The van der Waals surface area contributed by atoms with Crippen molar-refractivity contribution in [1.82, 2.24) is 5.32 Å². The summed E-state index contributed by atoms with van der Waals surface area (Å²) in [6.45, 7) is 3.60. The van der Waals surface area contributed by atoms with E-state index in [1.54, 1.807) is 6.08 Å². The fourth-order valence-corrected chi connectivity index (χ4v) is 6.75. The number of allylic oxidation sites excluding steroid dienone is 9. The van der Waals surface area contributed by atoms with Gasteiger partial charge >= 0.3 is 0 Å². The molecule has 56 heavy (non-hydrogen) atoms. The van der Waals surface area contributed by atoms with E-state index in [2.05, 4.69) is 55.6 Å². The van der Waals surface area contributed by atoms with Crippen molar-refractivity contribution in [3.05, 3.63) is 60.8 Å². The van der Waals surface area contributed by atoms with Crippen molar-refractivity contribution in [2.45, 2.75) is 217 Å². The van der Waals surface area contributed by atoms with Gasteiger partial charge in [-0.3, -0.25) is 4.79 Å². The number of unbranched alkanes of at least 4 members (excludes halogenated alkanes) is 18. The van der Waals surface area contributed by atoms with Gasteiger partial charge in [0.2, 0.25) is 5.91 Å². The lowest BCUT2D eigenvalue weighted by atomic mass is 9.99. The van der Waals surface area contributed by atoms with Crippen LogP contribution in [0.3, 0.4) is 0 Å². The lowest BCUT2D eigenvalue weighted by molar-refractivity contribution is -0.302. The molecule has 0 saturated carbocycles. The molecule has 6 N–H and O–H groups in total. The predicted octanol–water partition coefficient (Wildman–Crippen LogP) is 9.22. The number of nitrogens with one attached hydrogen (secondary N) is 1. The molecule has 0 radical (unpaired) electrons. The first-order chi connectivity index (χ1) is 27.3. The Bertz CT molecular complexity index is 1060. The van der Waals surface area contributed by atoms with E-state index in [-0.39, 0.29) is 18.9 Å². The maximum Gasteiger partial charge on any atom is 0.220 e. The Balaban J connectivity index is 2.39. The van der Waals surface area contributed by atoms with Crippen LogP contribution in [-0.4, -0.2) is 87.5 Å². The molecule has 0 aromatic heterocycles. The van der Waals surface area contributed by atoms with Crippen molar-refractivity contribution in [3.63, 3.8) is 0 Å². The molecule has 324 valence electrons. The van der Waals surface area contributed by atoms with Crippen LogP contribution < -0.4 is 5.32 Å². The van der Waals surface area contributed by atoms with Crippen molar-refractivity contribution in [1.29, 1.82) is 0 Å². The number of aliphatic hydroxyl groups is 5. The maximum absolute atomic E-state index is 12.9. The largest absolute Gasteiger partial charge is 0.394 e. The standard InChI is InChI=1S/C47H83NO8/c1-3-5-7-9-11-13-15-17-18-19-20-21-22-23-25-26-28-30-32-34-36-41(50)40(39-55-47-46(54)45(53)44(52)42(38-49)56-47)48-43(51)37-35-33-31-29-27-24-16-14-12-10-8-6-4-2/h6,8,12,14,24,27,31,33-34,36,40-42,44-47,49-50,52-54H,3-5,7,9-11,13,15-23,25-26,28-30,32,35,37-39H2,1-2H3,(H,48,51)/b8-6-,14-12-,27-24-,33-31-,36-34+. The summed E-state index contributed by atoms with van der Waals surface area (Å²) in [5.74, 6) is -0.259. The Kier molecular flexibility index (Phi) is 34.5. The molecule has 0 bridgehead atoms. The molecule has 0 aromatic rings. The van der Waals surface area contributed by atoms with Crippen LogP contribution in [0.5, 0.6) is 0 Å². The molecular weight excluding hydrogens is 707 g/mol. The van der Waals surface area contributed by atoms with Gasteiger partial charge in [0.1, 0.15) is 24.4 Å². The number of rotatable bonds is 36. The summed E-state index contributed by atoms with van der Waals surface area (Å²) < 4.78 is 11.2. The SMILES string of the molecule is CC/C=C\C/C=C\C/C=C\C/C=C\CCC(=O)NC(COC1OC(CO)C(O)C(O)C1O)C(O)/C=C/CCCCCCCCCCCCCCCCCCCC. The molecule has 7 unspecified atom stereocenters. The summed E-state index contributed by atoms with van der Waals surface area (Å²) >= 11 is 0. The van der Waals surface area contributed by atoms with Crippen LogP contribution in [0.2, 0.25) is 0 Å². The number of carbonyl (C=O) groups excluding carboxylic acids is 1. The lowest BCUT2D eigenvalue weighted by Gasteiger charge is -2.40. The predicted molar refractivity (Wildman–Crippen MR) is 230 cm³/mol. The minimum Gasteiger partial charge on any atom is -0.394 e. The van der Waals surface area contributed by atoms with Crippen molar-refractivity contribution in [2.75, 3.05) is 13.2 Å². The van der Waals surface area contributed by atoms with Gasteiger partial charge in [-0.05, 0) is 44.9 Å². The third-order valence-corrected chi connectivity index (χ3v) is 10.4. The normalized spacial score (nSPS) is 21.7. The molecule has 1 saturated heterocycles. The fourth-order valence-electron chi connectivity index (χ4n) is 6.75. The van der Waals surface area contributed by atoms with E-state index in [0.717, 1.165) is 44.9 Å². The zero-order valence-corrected chi connectivity index (χ0v) is 35.4. The second-order valence-electron chi connectivity index (χ2n) is 15.5. The van der Waals surface area contributed by atoms with E-state index >= 15 is 0 Å². The summed E-state index contributed by atoms with van der Waals surface area (Å²) in [4.78, 5) is 12.9. The van der Waals surface area contributed by atoms with Crippen LogP contribution >= 0.6 is 0 Å². The number of carbonyl (C=O) groups is 1. The van der Waals surface area contributed by atoms with Crippen LogP contribution in [0.1, 0.15) is 174 Å². The third-order valence-electron chi connectivity index (χ3n) is 10.4. The molecule has 9 heteroatoms. The van der Waals surface area contributed by atoms with E-state index in [0.29, 0.717) is 6.42 Å². The van der Waals surface area contributed by atoms with Gasteiger partial charge in [-0.1, -0.05) is 184 Å². The first-order valence-electron chi connectivity index (χ1n) is 22.5. The highest BCUT2D eigenvalue weighted by atomic mass is 16.7. The number of amides is 1. The molecule has 1 aliphatic heterocycles. The molecule has 1 rings (SSSR count). The van der Waals surface area contributed by atoms with Crippen LogP contribution in [0.15, 0.2) is 60.8 Å². The van der Waals surface area contributed by atoms with Crippen LogP contribution in [0, 0.1) is 0 Å². The zero-order chi connectivity index (χ0) is 40.9. The summed E-state index contributed by atoms with van der Waals surface area (Å²) in [6.07, 6.45) is 41.4. The Morgan fingerprint density at radius 3 is 1.61 bits per heavy atom. The molecule has 1 amide bonds. The first-order valence-corrected chi connectivity index (χ1v) is 22.5. The second-order valence-corrected chi connectivity index (χ2v) is 15.5. The van der Waals surface area contributed by atoms with Crippen molar-refractivity contribution in [3.8, 4) is 0 Å². The molecule has 1 fully saturated rings. The smallest absolute Gasteiger partial charge is 0.220 e. The van der Waals surface area contributed by atoms with Gasteiger partial charge in [-0.15, -0.1) is 0 Å². The highest BCUT2D eigenvalue weighted by molar-refractivity contribution is 5.76. The van der Waals surface area contributed by atoms with Gasteiger partial charge in [-0.2, -0.15) is 0 Å². The maximum atomic E-state index is 12.9. The highest BCUT2D eigenvalue weighted by Crippen LogP contribution is 2.22. The number of ether oxygens (including phenoxy) is 2. The quantitative estimate of drug-likeness (QED) is 0.0272. The van der Waals surface area contributed by atoms with E-state index in [1.807, 2.05) is 18.2 Å². The van der Waals surface area contributed by atoms with E-state index in [4.69, 9.17) is 9.47 Å². The molecule has 1 heterocycles. The van der Waals surface area contributed by atoms with E-state index < -0.39 is 49.5 Å². The third kappa shape index (κ3) is 27.5. The number of aliphatic hydroxyl groups excluding tert-OH is 5. The van der Waals surface area contributed by atoms with Crippen molar-refractivity contribution >= 4 is 5.91 Å². The van der Waals surface area contributed by atoms with Crippen molar-refractivity contribution < 1.29 is 39.8 Å². The average molecular weight is 790 g/mol.